The Morgan fingerprint density at radius 1 is 0.903 bits per heavy atom. The van der Waals surface area contributed by atoms with E-state index in [4.69, 9.17) is 21.1 Å². The van der Waals surface area contributed by atoms with Crippen molar-refractivity contribution in [2.45, 2.75) is 13.5 Å². The lowest BCUT2D eigenvalue weighted by Crippen LogP contribution is -1.97. The molecule has 3 aromatic carbocycles. The SMILES string of the molecule is COc1cc(-c2cc(Cl)cc3c2[nH]c2c(C)nccc23)ccc1OCc1ccccc1. The molecule has 0 aliphatic heterocycles. The second-order valence-electron chi connectivity index (χ2n) is 7.46. The molecule has 31 heavy (non-hydrogen) atoms. The number of hydrogen-bond acceptors (Lipinski definition) is 3. The fourth-order valence-electron chi connectivity index (χ4n) is 3.94. The molecule has 5 heteroatoms. The predicted molar refractivity (Wildman–Crippen MR) is 126 cm³/mol. The largest absolute Gasteiger partial charge is 0.493 e. The molecule has 1 N–H and O–H groups in total. The van der Waals surface area contributed by atoms with Gasteiger partial charge in [-0.25, -0.2) is 0 Å². The zero-order valence-corrected chi connectivity index (χ0v) is 18.0. The van der Waals surface area contributed by atoms with Gasteiger partial charge >= 0.3 is 0 Å². The van der Waals surface area contributed by atoms with E-state index < -0.39 is 0 Å². The third kappa shape index (κ3) is 3.60. The van der Waals surface area contributed by atoms with Crippen LogP contribution in [0.5, 0.6) is 11.5 Å². The summed E-state index contributed by atoms with van der Waals surface area (Å²) in [5.74, 6) is 1.38. The molecule has 0 bridgehead atoms. The third-order valence-electron chi connectivity index (χ3n) is 5.50. The maximum absolute atomic E-state index is 6.51. The van der Waals surface area contributed by atoms with Gasteiger partial charge in [0, 0.05) is 27.6 Å². The van der Waals surface area contributed by atoms with Crippen LogP contribution in [0.25, 0.3) is 32.9 Å². The number of aromatic amines is 1. The van der Waals surface area contributed by atoms with E-state index in [1.54, 1.807) is 7.11 Å². The lowest BCUT2D eigenvalue weighted by molar-refractivity contribution is 0.284. The highest BCUT2D eigenvalue weighted by atomic mass is 35.5. The second-order valence-corrected chi connectivity index (χ2v) is 7.90. The molecule has 0 saturated carbocycles. The van der Waals surface area contributed by atoms with E-state index in [1.165, 1.54) is 0 Å². The van der Waals surface area contributed by atoms with Crippen molar-refractivity contribution >= 4 is 33.4 Å². The summed E-state index contributed by atoms with van der Waals surface area (Å²) in [7, 11) is 1.65. The fourth-order valence-corrected chi connectivity index (χ4v) is 4.16. The monoisotopic (exact) mass is 428 g/mol. The summed E-state index contributed by atoms with van der Waals surface area (Å²) in [4.78, 5) is 7.96. The van der Waals surface area contributed by atoms with Crippen molar-refractivity contribution in [3.63, 3.8) is 0 Å². The van der Waals surface area contributed by atoms with E-state index in [0.29, 0.717) is 23.1 Å². The molecule has 0 unspecified atom stereocenters. The van der Waals surface area contributed by atoms with Crippen LogP contribution in [0, 0.1) is 6.92 Å². The van der Waals surface area contributed by atoms with E-state index in [1.807, 2.05) is 79.9 Å². The van der Waals surface area contributed by atoms with Gasteiger partial charge in [-0.1, -0.05) is 48.0 Å². The number of nitrogens with zero attached hydrogens (tertiary/aromatic N) is 1. The maximum Gasteiger partial charge on any atom is 0.161 e. The smallest absolute Gasteiger partial charge is 0.161 e. The van der Waals surface area contributed by atoms with Crippen molar-refractivity contribution in [1.82, 2.24) is 9.97 Å². The number of halogens is 1. The number of benzene rings is 3. The summed E-state index contributed by atoms with van der Waals surface area (Å²) < 4.78 is 11.7. The molecule has 0 atom stereocenters. The lowest BCUT2D eigenvalue weighted by atomic mass is 10.0. The summed E-state index contributed by atoms with van der Waals surface area (Å²) in [5.41, 5.74) is 6.11. The normalized spacial score (nSPS) is 11.2. The van der Waals surface area contributed by atoms with Gasteiger partial charge in [0.05, 0.1) is 23.8 Å². The molecule has 5 rings (SSSR count). The summed E-state index contributed by atoms with van der Waals surface area (Å²) in [6, 6.07) is 22.0. The molecular formula is C26H21ClN2O2. The number of ether oxygens (including phenoxy) is 2. The molecular weight excluding hydrogens is 408 g/mol. The van der Waals surface area contributed by atoms with E-state index in [-0.39, 0.29) is 0 Å². The number of methoxy groups -OCH3 is 1. The molecule has 4 nitrogen and oxygen atoms in total. The van der Waals surface area contributed by atoms with Crippen LogP contribution in [0.4, 0.5) is 0 Å². The summed E-state index contributed by atoms with van der Waals surface area (Å²) >= 11 is 6.51. The Morgan fingerprint density at radius 3 is 2.55 bits per heavy atom. The Bertz CT molecular complexity index is 1390. The summed E-state index contributed by atoms with van der Waals surface area (Å²) in [6.45, 7) is 2.48. The van der Waals surface area contributed by atoms with Gasteiger partial charge in [0.2, 0.25) is 0 Å². The molecule has 0 saturated heterocycles. The highest BCUT2D eigenvalue weighted by Gasteiger charge is 2.15. The number of pyridine rings is 1. The third-order valence-corrected chi connectivity index (χ3v) is 5.71. The number of nitrogens with one attached hydrogen (secondary N) is 1. The molecule has 0 spiro atoms. The van der Waals surface area contributed by atoms with Gasteiger partial charge < -0.3 is 14.5 Å². The molecule has 0 fully saturated rings. The molecule has 0 aliphatic carbocycles. The number of rotatable bonds is 5. The first-order valence-corrected chi connectivity index (χ1v) is 10.4. The van der Waals surface area contributed by atoms with Crippen LogP contribution in [0.2, 0.25) is 5.02 Å². The molecule has 0 radical (unpaired) electrons. The Kier molecular flexibility index (Phi) is 5.00. The van der Waals surface area contributed by atoms with Crippen molar-refractivity contribution in [2.75, 3.05) is 7.11 Å². The summed E-state index contributed by atoms with van der Waals surface area (Å²) in [6.07, 6.45) is 1.83. The van der Waals surface area contributed by atoms with Crippen LogP contribution in [-0.4, -0.2) is 17.1 Å². The molecule has 154 valence electrons. The van der Waals surface area contributed by atoms with Crippen LogP contribution in [-0.2, 0) is 6.61 Å². The maximum atomic E-state index is 6.51. The Hall–Kier alpha value is -3.50. The first kappa shape index (κ1) is 19.5. The van der Waals surface area contributed by atoms with Crippen LogP contribution in [0.3, 0.4) is 0 Å². The topological polar surface area (TPSA) is 47.1 Å². The van der Waals surface area contributed by atoms with Gasteiger partial charge in [-0.05, 0) is 48.4 Å². The Balaban J connectivity index is 1.58. The highest BCUT2D eigenvalue weighted by molar-refractivity contribution is 6.32. The first-order valence-electron chi connectivity index (χ1n) is 10.1. The minimum atomic E-state index is 0.478. The predicted octanol–water partition coefficient (Wildman–Crippen LogP) is 6.93. The average molecular weight is 429 g/mol. The van der Waals surface area contributed by atoms with Gasteiger partial charge in [0.25, 0.3) is 0 Å². The number of fused-ring (bicyclic) bond motifs is 3. The average Bonchev–Trinajstić information content (AvgIpc) is 3.17. The number of hydrogen-bond donors (Lipinski definition) is 1. The van der Waals surface area contributed by atoms with Gasteiger partial charge in [-0.3, -0.25) is 4.98 Å². The second kappa shape index (κ2) is 7.97. The quantitative estimate of drug-likeness (QED) is 0.330. The zero-order valence-electron chi connectivity index (χ0n) is 17.3. The minimum Gasteiger partial charge on any atom is -0.493 e. The Labute approximate surface area is 185 Å². The summed E-state index contributed by atoms with van der Waals surface area (Å²) in [5, 5.41) is 2.87. The minimum absolute atomic E-state index is 0.478. The van der Waals surface area contributed by atoms with Crippen molar-refractivity contribution in [3.05, 3.63) is 89.2 Å². The van der Waals surface area contributed by atoms with Crippen molar-refractivity contribution < 1.29 is 9.47 Å². The van der Waals surface area contributed by atoms with E-state index in [0.717, 1.165) is 44.2 Å². The van der Waals surface area contributed by atoms with Crippen LogP contribution < -0.4 is 9.47 Å². The molecule has 2 aromatic heterocycles. The van der Waals surface area contributed by atoms with Crippen molar-refractivity contribution in [1.29, 1.82) is 0 Å². The zero-order chi connectivity index (χ0) is 21.4. The molecule has 0 amide bonds. The standard InChI is InChI=1S/C26H21ClN2O2/c1-16-25-20(10-11-28-16)22-14-19(27)13-21(26(22)29-25)18-8-9-23(24(12-18)30-2)31-15-17-6-4-3-5-7-17/h3-14,29H,15H2,1-2H3. The van der Waals surface area contributed by atoms with Gasteiger partial charge in [0.1, 0.15) is 6.61 Å². The van der Waals surface area contributed by atoms with Crippen LogP contribution in [0.15, 0.2) is 72.9 Å². The fraction of sp³-hybridized carbons (Fsp3) is 0.115. The first-order chi connectivity index (χ1) is 15.1. The van der Waals surface area contributed by atoms with Crippen LogP contribution >= 0.6 is 11.6 Å². The molecule has 2 heterocycles. The van der Waals surface area contributed by atoms with E-state index in [2.05, 4.69) is 9.97 Å². The molecule has 5 aromatic rings. The highest BCUT2D eigenvalue weighted by Crippen LogP contribution is 2.39. The van der Waals surface area contributed by atoms with Crippen molar-refractivity contribution in [2.24, 2.45) is 0 Å². The van der Waals surface area contributed by atoms with Gasteiger partial charge in [0.15, 0.2) is 11.5 Å². The lowest BCUT2D eigenvalue weighted by Gasteiger charge is -2.13. The van der Waals surface area contributed by atoms with Gasteiger partial charge in [-0.2, -0.15) is 0 Å². The van der Waals surface area contributed by atoms with E-state index >= 15 is 0 Å². The van der Waals surface area contributed by atoms with Crippen molar-refractivity contribution in [3.8, 4) is 22.6 Å². The number of aromatic nitrogens is 2. The van der Waals surface area contributed by atoms with E-state index in [9.17, 15) is 0 Å². The Morgan fingerprint density at radius 2 is 1.74 bits per heavy atom. The van der Waals surface area contributed by atoms with Crippen LogP contribution in [0.1, 0.15) is 11.3 Å². The van der Waals surface area contributed by atoms with Gasteiger partial charge in [-0.15, -0.1) is 0 Å². The number of H-pyrrole nitrogens is 1. The number of aryl methyl sites for hydroxylation is 1. The molecule has 0 aliphatic rings.